The molecule has 0 aliphatic heterocycles. The van der Waals surface area contributed by atoms with Gasteiger partial charge in [-0.05, 0) is 49.6 Å². The first kappa shape index (κ1) is 18.9. The van der Waals surface area contributed by atoms with Crippen LogP contribution in [0.3, 0.4) is 0 Å². The number of hydrogen-bond donors (Lipinski definition) is 3. The van der Waals surface area contributed by atoms with Crippen LogP contribution in [0.15, 0.2) is 42.5 Å². The normalized spacial score (nSPS) is 12.1. The van der Waals surface area contributed by atoms with Crippen molar-refractivity contribution in [1.29, 1.82) is 0 Å². The van der Waals surface area contributed by atoms with Crippen molar-refractivity contribution in [3.8, 4) is 0 Å². The summed E-state index contributed by atoms with van der Waals surface area (Å²) in [4.78, 5) is 17.2. The van der Waals surface area contributed by atoms with E-state index in [-0.39, 0.29) is 25.1 Å². The van der Waals surface area contributed by atoms with Gasteiger partial charge in [-0.2, -0.15) is 0 Å². The minimum absolute atomic E-state index is 0.000783. The Morgan fingerprint density at radius 2 is 1.96 bits per heavy atom. The van der Waals surface area contributed by atoms with Crippen LogP contribution in [0, 0.1) is 13.8 Å². The van der Waals surface area contributed by atoms with Crippen molar-refractivity contribution in [2.45, 2.75) is 33.4 Å². The van der Waals surface area contributed by atoms with E-state index < -0.39 is 0 Å². The Morgan fingerprint density at radius 3 is 2.70 bits per heavy atom. The van der Waals surface area contributed by atoms with Crippen molar-refractivity contribution >= 4 is 22.9 Å². The predicted molar refractivity (Wildman–Crippen MR) is 108 cm³/mol. The Kier molecular flexibility index (Phi) is 5.76. The van der Waals surface area contributed by atoms with Crippen LogP contribution in [-0.4, -0.2) is 33.7 Å². The van der Waals surface area contributed by atoms with Gasteiger partial charge >= 0.3 is 0 Å². The molecule has 3 N–H and O–H groups in total. The number of para-hydroxylation sites is 2. The van der Waals surface area contributed by atoms with E-state index >= 15 is 0 Å². The predicted octanol–water partition coefficient (Wildman–Crippen LogP) is 2.93. The largest absolute Gasteiger partial charge is 0.395 e. The minimum Gasteiger partial charge on any atom is -0.395 e. The molecule has 1 atom stereocenters. The Morgan fingerprint density at radius 1 is 1.19 bits per heavy atom. The van der Waals surface area contributed by atoms with Gasteiger partial charge in [0.15, 0.2) is 0 Å². The number of nitrogens with one attached hydrogen (secondary N) is 2. The lowest BCUT2D eigenvalue weighted by atomic mass is 10.0. The van der Waals surface area contributed by atoms with Crippen LogP contribution in [0.2, 0.25) is 0 Å². The molecule has 0 saturated carbocycles. The van der Waals surface area contributed by atoms with Crippen molar-refractivity contribution < 1.29 is 9.90 Å². The van der Waals surface area contributed by atoms with Crippen LogP contribution in [0.4, 0.5) is 5.95 Å². The number of aryl methyl sites for hydroxylation is 2. The van der Waals surface area contributed by atoms with Crippen LogP contribution in [0.1, 0.15) is 29.7 Å². The fraction of sp³-hybridized carbons (Fsp3) is 0.333. The molecule has 2 aromatic carbocycles. The van der Waals surface area contributed by atoms with E-state index in [1.807, 2.05) is 41.8 Å². The molecular formula is C21H26N4O2. The zero-order valence-electron chi connectivity index (χ0n) is 16.0. The number of rotatable bonds is 7. The SMILES string of the molecule is Cc1ccc(C(C)NC(=O)Cn2c(NCCO)nc3ccccc32)cc1C. The van der Waals surface area contributed by atoms with Gasteiger partial charge in [-0.25, -0.2) is 4.98 Å². The summed E-state index contributed by atoms with van der Waals surface area (Å²) >= 11 is 0. The summed E-state index contributed by atoms with van der Waals surface area (Å²) < 4.78 is 1.84. The number of carbonyl (C=O) groups is 1. The van der Waals surface area contributed by atoms with Gasteiger partial charge in [-0.15, -0.1) is 0 Å². The van der Waals surface area contributed by atoms with E-state index in [9.17, 15) is 4.79 Å². The minimum atomic E-state index is -0.0871. The van der Waals surface area contributed by atoms with Gasteiger partial charge < -0.3 is 20.3 Å². The summed E-state index contributed by atoms with van der Waals surface area (Å²) in [6.45, 7) is 6.67. The number of aliphatic hydroxyl groups excluding tert-OH is 1. The number of carbonyl (C=O) groups excluding carboxylic acids is 1. The molecule has 1 heterocycles. The second-order valence-corrected chi connectivity index (χ2v) is 6.79. The first-order chi connectivity index (χ1) is 13.0. The van der Waals surface area contributed by atoms with Crippen molar-refractivity contribution in [3.05, 3.63) is 59.2 Å². The monoisotopic (exact) mass is 366 g/mol. The second-order valence-electron chi connectivity index (χ2n) is 6.79. The first-order valence-corrected chi connectivity index (χ1v) is 9.16. The Labute approximate surface area is 159 Å². The molecule has 0 spiro atoms. The van der Waals surface area contributed by atoms with Gasteiger partial charge in [-0.1, -0.05) is 30.3 Å². The molecule has 142 valence electrons. The highest BCUT2D eigenvalue weighted by molar-refractivity contribution is 5.83. The maximum Gasteiger partial charge on any atom is 0.240 e. The van der Waals surface area contributed by atoms with Crippen LogP contribution < -0.4 is 10.6 Å². The van der Waals surface area contributed by atoms with Crippen molar-refractivity contribution in [2.24, 2.45) is 0 Å². The van der Waals surface area contributed by atoms with E-state index in [0.717, 1.165) is 16.6 Å². The molecule has 1 aromatic heterocycles. The van der Waals surface area contributed by atoms with Gasteiger partial charge in [0.05, 0.1) is 23.7 Å². The van der Waals surface area contributed by atoms with Gasteiger partial charge in [-0.3, -0.25) is 4.79 Å². The Hall–Kier alpha value is -2.86. The lowest BCUT2D eigenvalue weighted by Crippen LogP contribution is -2.30. The van der Waals surface area contributed by atoms with Crippen LogP contribution in [-0.2, 0) is 11.3 Å². The number of hydrogen-bond acceptors (Lipinski definition) is 4. The number of aliphatic hydroxyl groups is 1. The van der Waals surface area contributed by atoms with Crippen molar-refractivity contribution in [2.75, 3.05) is 18.5 Å². The first-order valence-electron chi connectivity index (χ1n) is 9.16. The lowest BCUT2D eigenvalue weighted by molar-refractivity contribution is -0.122. The standard InChI is InChI=1S/C21H26N4O2/c1-14-8-9-17(12-15(14)2)16(3)23-20(27)13-25-19-7-5-4-6-18(19)24-21(25)22-10-11-26/h4-9,12,16,26H,10-11,13H2,1-3H3,(H,22,24)(H,23,27). The fourth-order valence-corrected chi connectivity index (χ4v) is 3.09. The van der Waals surface area contributed by atoms with Crippen molar-refractivity contribution in [3.63, 3.8) is 0 Å². The highest BCUT2D eigenvalue weighted by Gasteiger charge is 2.15. The molecule has 0 saturated heterocycles. The average molecular weight is 366 g/mol. The summed E-state index contributed by atoms with van der Waals surface area (Å²) in [6.07, 6.45) is 0. The zero-order chi connectivity index (χ0) is 19.4. The average Bonchev–Trinajstić information content (AvgIpc) is 2.99. The molecular weight excluding hydrogens is 340 g/mol. The number of imidazole rings is 1. The molecule has 1 amide bonds. The zero-order valence-corrected chi connectivity index (χ0v) is 16.0. The molecule has 0 bridgehead atoms. The van der Waals surface area contributed by atoms with E-state index in [2.05, 4.69) is 41.6 Å². The molecule has 0 radical (unpaired) electrons. The van der Waals surface area contributed by atoms with Crippen LogP contribution >= 0.6 is 0 Å². The Bertz CT molecular complexity index is 949. The maximum atomic E-state index is 12.7. The van der Waals surface area contributed by atoms with E-state index in [1.165, 1.54) is 11.1 Å². The van der Waals surface area contributed by atoms with E-state index in [0.29, 0.717) is 12.5 Å². The van der Waals surface area contributed by atoms with Gasteiger partial charge in [0.1, 0.15) is 6.54 Å². The number of anilines is 1. The number of nitrogens with zero attached hydrogens (tertiary/aromatic N) is 2. The van der Waals surface area contributed by atoms with Crippen LogP contribution in [0.25, 0.3) is 11.0 Å². The summed E-state index contributed by atoms with van der Waals surface area (Å²) in [5.74, 6) is 0.496. The fourth-order valence-electron chi connectivity index (χ4n) is 3.09. The summed E-state index contributed by atoms with van der Waals surface area (Å²) in [5.41, 5.74) is 5.23. The summed E-state index contributed by atoms with van der Waals surface area (Å²) in [7, 11) is 0. The molecule has 3 aromatic rings. The molecule has 0 aliphatic rings. The molecule has 0 aliphatic carbocycles. The highest BCUT2D eigenvalue weighted by Crippen LogP contribution is 2.20. The maximum absolute atomic E-state index is 12.7. The topological polar surface area (TPSA) is 79.2 Å². The van der Waals surface area contributed by atoms with Gasteiger partial charge in [0, 0.05) is 6.54 Å². The summed E-state index contributed by atoms with van der Waals surface area (Å²) in [5, 5.41) is 15.2. The number of benzene rings is 2. The van der Waals surface area contributed by atoms with Crippen LogP contribution in [0.5, 0.6) is 0 Å². The third-order valence-electron chi connectivity index (χ3n) is 4.76. The number of amides is 1. The van der Waals surface area contributed by atoms with Gasteiger partial charge in [0.2, 0.25) is 11.9 Å². The van der Waals surface area contributed by atoms with Gasteiger partial charge in [0.25, 0.3) is 0 Å². The molecule has 1 unspecified atom stereocenters. The second kappa shape index (κ2) is 8.22. The molecule has 27 heavy (non-hydrogen) atoms. The van der Waals surface area contributed by atoms with E-state index in [4.69, 9.17) is 5.11 Å². The third-order valence-corrected chi connectivity index (χ3v) is 4.76. The molecule has 6 nitrogen and oxygen atoms in total. The summed E-state index contributed by atoms with van der Waals surface area (Å²) in [6, 6.07) is 13.8. The van der Waals surface area contributed by atoms with E-state index in [1.54, 1.807) is 0 Å². The lowest BCUT2D eigenvalue weighted by Gasteiger charge is -2.17. The highest BCUT2D eigenvalue weighted by atomic mass is 16.3. The third kappa shape index (κ3) is 4.28. The Balaban J connectivity index is 1.77. The number of fused-ring (bicyclic) bond motifs is 1. The molecule has 3 rings (SSSR count). The number of aromatic nitrogens is 2. The van der Waals surface area contributed by atoms with Crippen molar-refractivity contribution in [1.82, 2.24) is 14.9 Å². The quantitative estimate of drug-likeness (QED) is 0.601. The molecule has 0 fully saturated rings. The molecule has 6 heteroatoms. The smallest absolute Gasteiger partial charge is 0.240 e.